The predicted molar refractivity (Wildman–Crippen MR) is 84.8 cm³/mol. The molecule has 2 unspecified atom stereocenters. The van der Waals surface area contributed by atoms with Gasteiger partial charge in [0.2, 0.25) is 0 Å². The molecule has 0 radical (unpaired) electrons. The van der Waals surface area contributed by atoms with E-state index in [9.17, 15) is 0 Å². The molecule has 2 N–H and O–H groups in total. The van der Waals surface area contributed by atoms with E-state index < -0.39 is 0 Å². The van der Waals surface area contributed by atoms with Gasteiger partial charge in [-0.3, -0.25) is 0 Å². The van der Waals surface area contributed by atoms with Crippen molar-refractivity contribution >= 4 is 0 Å². The Labute approximate surface area is 123 Å². The first kappa shape index (κ1) is 14.1. The molecule has 2 atom stereocenters. The molecule has 2 aliphatic rings. The number of rotatable bonds is 3. The van der Waals surface area contributed by atoms with Crippen LogP contribution in [-0.4, -0.2) is 30.6 Å². The van der Waals surface area contributed by atoms with Gasteiger partial charge in [-0.05, 0) is 36.7 Å². The topological polar surface area (TPSA) is 29.3 Å². The van der Waals surface area contributed by atoms with Crippen molar-refractivity contribution in [3.63, 3.8) is 0 Å². The first-order valence-corrected chi connectivity index (χ1v) is 8.34. The third kappa shape index (κ3) is 3.62. The van der Waals surface area contributed by atoms with Gasteiger partial charge in [-0.25, -0.2) is 0 Å². The lowest BCUT2D eigenvalue weighted by molar-refractivity contribution is 0.147. The van der Waals surface area contributed by atoms with E-state index in [2.05, 4.69) is 35.2 Å². The minimum absolute atomic E-state index is 0.345. The summed E-state index contributed by atoms with van der Waals surface area (Å²) in [6.07, 6.45) is 8.33. The van der Waals surface area contributed by atoms with E-state index in [0.29, 0.717) is 12.0 Å². The molecular weight excluding hydrogens is 244 g/mol. The molecule has 2 heteroatoms. The Kier molecular flexibility index (Phi) is 4.74. The fraction of sp³-hybridized carbons (Fsp3) is 0.667. The summed E-state index contributed by atoms with van der Waals surface area (Å²) in [7, 11) is 0. The Morgan fingerprint density at radius 2 is 1.75 bits per heavy atom. The molecule has 0 spiro atoms. The average molecular weight is 272 g/mol. The highest BCUT2D eigenvalue weighted by Crippen LogP contribution is 2.29. The second kappa shape index (κ2) is 6.73. The van der Waals surface area contributed by atoms with E-state index in [0.717, 1.165) is 18.9 Å². The van der Waals surface area contributed by atoms with E-state index in [1.807, 2.05) is 0 Å². The van der Waals surface area contributed by atoms with Crippen LogP contribution in [0, 0.1) is 5.92 Å². The maximum Gasteiger partial charge on any atom is 0.0174 e. The fourth-order valence-corrected chi connectivity index (χ4v) is 4.08. The van der Waals surface area contributed by atoms with Gasteiger partial charge in [0.05, 0.1) is 0 Å². The van der Waals surface area contributed by atoms with E-state index in [1.165, 1.54) is 50.8 Å². The number of hydrogen-bond acceptors (Lipinski definition) is 2. The first-order chi connectivity index (χ1) is 9.81. The monoisotopic (exact) mass is 272 g/mol. The molecule has 20 heavy (non-hydrogen) atoms. The Bertz CT molecular complexity index is 397. The molecule has 2 fully saturated rings. The van der Waals surface area contributed by atoms with Gasteiger partial charge in [-0.2, -0.15) is 0 Å². The van der Waals surface area contributed by atoms with Gasteiger partial charge >= 0.3 is 0 Å². The summed E-state index contributed by atoms with van der Waals surface area (Å²) in [6, 6.07) is 11.3. The molecule has 1 saturated heterocycles. The van der Waals surface area contributed by atoms with E-state index in [1.54, 1.807) is 0 Å². The van der Waals surface area contributed by atoms with Gasteiger partial charge in [-0.15, -0.1) is 0 Å². The lowest BCUT2D eigenvalue weighted by Crippen LogP contribution is -2.47. The highest BCUT2D eigenvalue weighted by molar-refractivity contribution is 5.21. The standard InChI is InChI=1S/C18H28N2/c19-18-11-17(16-9-5-2-6-10-16)13-20(14-18)12-15-7-3-1-4-8-15/h2,5-6,9-10,15,17-18H,1,3-4,7-8,11-14,19H2. The van der Waals surface area contributed by atoms with Gasteiger partial charge in [-0.1, -0.05) is 49.6 Å². The molecule has 0 bridgehead atoms. The van der Waals surface area contributed by atoms with Crippen LogP contribution in [0.15, 0.2) is 30.3 Å². The second-order valence-electron chi connectivity index (χ2n) is 6.83. The van der Waals surface area contributed by atoms with Crippen LogP contribution < -0.4 is 5.73 Å². The number of hydrogen-bond donors (Lipinski definition) is 1. The summed E-state index contributed by atoms with van der Waals surface area (Å²) >= 11 is 0. The summed E-state index contributed by atoms with van der Waals surface area (Å²) in [5.41, 5.74) is 7.79. The zero-order valence-corrected chi connectivity index (χ0v) is 12.5. The van der Waals surface area contributed by atoms with Crippen LogP contribution in [0.25, 0.3) is 0 Å². The van der Waals surface area contributed by atoms with Gasteiger partial charge in [0.15, 0.2) is 0 Å². The molecule has 1 aliphatic carbocycles. The van der Waals surface area contributed by atoms with Crippen LogP contribution in [0.1, 0.15) is 50.0 Å². The van der Waals surface area contributed by atoms with Crippen molar-refractivity contribution in [1.29, 1.82) is 0 Å². The van der Waals surface area contributed by atoms with Crippen LogP contribution >= 0.6 is 0 Å². The molecule has 1 heterocycles. The molecule has 3 rings (SSSR count). The SMILES string of the molecule is NC1CC(c2ccccc2)CN(CC2CCCCC2)C1. The lowest BCUT2D eigenvalue weighted by Gasteiger charge is -2.39. The number of nitrogens with two attached hydrogens (primary N) is 1. The second-order valence-corrected chi connectivity index (χ2v) is 6.83. The smallest absolute Gasteiger partial charge is 0.0174 e. The van der Waals surface area contributed by atoms with Crippen LogP contribution in [0.4, 0.5) is 0 Å². The normalized spacial score (nSPS) is 29.4. The number of likely N-dealkylation sites (tertiary alicyclic amines) is 1. The van der Waals surface area contributed by atoms with Crippen molar-refractivity contribution < 1.29 is 0 Å². The molecule has 1 aromatic rings. The van der Waals surface area contributed by atoms with Gasteiger partial charge < -0.3 is 10.6 Å². The summed E-state index contributed by atoms with van der Waals surface area (Å²) in [6.45, 7) is 3.57. The van der Waals surface area contributed by atoms with E-state index in [4.69, 9.17) is 5.73 Å². The molecule has 110 valence electrons. The lowest BCUT2D eigenvalue weighted by atomic mass is 9.85. The molecule has 0 amide bonds. The van der Waals surface area contributed by atoms with Crippen LogP contribution in [0.5, 0.6) is 0 Å². The van der Waals surface area contributed by atoms with Crippen molar-refractivity contribution in [2.75, 3.05) is 19.6 Å². The van der Waals surface area contributed by atoms with Crippen LogP contribution in [-0.2, 0) is 0 Å². The maximum atomic E-state index is 6.32. The van der Waals surface area contributed by atoms with Crippen molar-refractivity contribution in [2.45, 2.75) is 50.5 Å². The van der Waals surface area contributed by atoms with E-state index in [-0.39, 0.29) is 0 Å². The highest BCUT2D eigenvalue weighted by Gasteiger charge is 2.27. The number of nitrogens with zero attached hydrogens (tertiary/aromatic N) is 1. The van der Waals surface area contributed by atoms with Gasteiger partial charge in [0.1, 0.15) is 0 Å². The van der Waals surface area contributed by atoms with Crippen molar-refractivity contribution in [2.24, 2.45) is 11.7 Å². The quantitative estimate of drug-likeness (QED) is 0.914. The van der Waals surface area contributed by atoms with Gasteiger partial charge in [0.25, 0.3) is 0 Å². The van der Waals surface area contributed by atoms with E-state index >= 15 is 0 Å². The van der Waals surface area contributed by atoms with Crippen LogP contribution in [0.3, 0.4) is 0 Å². The Hall–Kier alpha value is -0.860. The number of benzene rings is 1. The Morgan fingerprint density at radius 1 is 1.00 bits per heavy atom. The minimum atomic E-state index is 0.345. The minimum Gasteiger partial charge on any atom is -0.327 e. The Balaban J connectivity index is 1.61. The largest absolute Gasteiger partial charge is 0.327 e. The van der Waals surface area contributed by atoms with Crippen molar-refractivity contribution in [3.8, 4) is 0 Å². The maximum absolute atomic E-state index is 6.32. The molecule has 1 aliphatic heterocycles. The summed E-state index contributed by atoms with van der Waals surface area (Å²) in [5.74, 6) is 1.55. The molecule has 1 saturated carbocycles. The van der Waals surface area contributed by atoms with Crippen molar-refractivity contribution in [1.82, 2.24) is 4.90 Å². The zero-order chi connectivity index (χ0) is 13.8. The molecule has 1 aromatic carbocycles. The van der Waals surface area contributed by atoms with Gasteiger partial charge in [0, 0.05) is 25.7 Å². The van der Waals surface area contributed by atoms with Crippen LogP contribution in [0.2, 0.25) is 0 Å². The third-order valence-corrected chi connectivity index (χ3v) is 5.07. The first-order valence-electron chi connectivity index (χ1n) is 8.34. The predicted octanol–water partition coefficient (Wildman–Crippen LogP) is 3.38. The molecule has 2 nitrogen and oxygen atoms in total. The summed E-state index contributed by atoms with van der Waals surface area (Å²) < 4.78 is 0. The zero-order valence-electron chi connectivity index (χ0n) is 12.5. The van der Waals surface area contributed by atoms with Crippen molar-refractivity contribution in [3.05, 3.63) is 35.9 Å². The Morgan fingerprint density at radius 3 is 2.50 bits per heavy atom. The molecule has 0 aromatic heterocycles. The molecular formula is C18H28N2. The fourth-order valence-electron chi connectivity index (χ4n) is 4.08. The number of piperidine rings is 1. The summed E-state index contributed by atoms with van der Waals surface area (Å²) in [5, 5.41) is 0. The summed E-state index contributed by atoms with van der Waals surface area (Å²) in [4.78, 5) is 2.64. The average Bonchev–Trinajstić information content (AvgIpc) is 2.49. The third-order valence-electron chi connectivity index (χ3n) is 5.07. The highest BCUT2D eigenvalue weighted by atomic mass is 15.2.